The van der Waals surface area contributed by atoms with Gasteiger partial charge in [0.1, 0.15) is 6.54 Å². The van der Waals surface area contributed by atoms with Crippen molar-refractivity contribution in [3.8, 4) is 11.3 Å². The van der Waals surface area contributed by atoms with E-state index in [0.29, 0.717) is 19.7 Å². The minimum atomic E-state index is -0.427. The molecule has 2 aromatic rings. The summed E-state index contributed by atoms with van der Waals surface area (Å²) < 4.78 is 6.82. The van der Waals surface area contributed by atoms with Gasteiger partial charge in [-0.15, -0.1) is 0 Å². The van der Waals surface area contributed by atoms with E-state index in [1.165, 1.54) is 5.56 Å². The topological polar surface area (TPSA) is 76.5 Å². The smallest absolute Gasteiger partial charge is 0.325 e. The fourth-order valence-electron chi connectivity index (χ4n) is 3.16. The second kappa shape index (κ2) is 8.70. The molecule has 7 heteroatoms. The van der Waals surface area contributed by atoms with E-state index in [9.17, 15) is 9.59 Å². The van der Waals surface area contributed by atoms with Crippen molar-refractivity contribution in [2.24, 2.45) is 0 Å². The van der Waals surface area contributed by atoms with Crippen LogP contribution in [0, 0.1) is 0 Å². The lowest BCUT2D eigenvalue weighted by Crippen LogP contribution is -2.42. The van der Waals surface area contributed by atoms with E-state index in [1.54, 1.807) is 11.8 Å². The van der Waals surface area contributed by atoms with Crippen molar-refractivity contribution >= 4 is 12.0 Å². The minimum Gasteiger partial charge on any atom is -0.465 e. The van der Waals surface area contributed by atoms with Gasteiger partial charge in [-0.05, 0) is 31.4 Å². The first-order valence-corrected chi connectivity index (χ1v) is 9.45. The Morgan fingerprint density at radius 2 is 1.96 bits per heavy atom. The molecule has 0 unspecified atom stereocenters. The van der Waals surface area contributed by atoms with Gasteiger partial charge in [-0.2, -0.15) is 5.10 Å². The van der Waals surface area contributed by atoms with Gasteiger partial charge in [0.05, 0.1) is 24.5 Å². The molecule has 0 radical (unpaired) electrons. The zero-order valence-electron chi connectivity index (χ0n) is 15.9. The molecular formula is C20H26N4O3. The van der Waals surface area contributed by atoms with Gasteiger partial charge >= 0.3 is 12.0 Å². The number of hydrogen-bond donors (Lipinski definition) is 1. The van der Waals surface area contributed by atoms with Crippen LogP contribution in [0.5, 0.6) is 0 Å². The van der Waals surface area contributed by atoms with E-state index in [2.05, 4.69) is 36.5 Å². The number of hydrogen-bond acceptors (Lipinski definition) is 4. The summed E-state index contributed by atoms with van der Waals surface area (Å²) in [4.78, 5) is 25.5. The molecule has 1 aromatic carbocycles. The number of aromatic nitrogens is 2. The van der Waals surface area contributed by atoms with Gasteiger partial charge in [0.2, 0.25) is 0 Å². The van der Waals surface area contributed by atoms with Crippen LogP contribution in [-0.4, -0.2) is 46.4 Å². The number of nitrogens with one attached hydrogen (secondary N) is 1. The molecule has 0 aliphatic carbocycles. The first-order chi connectivity index (χ1) is 13.1. The van der Waals surface area contributed by atoms with Crippen molar-refractivity contribution in [1.29, 1.82) is 0 Å². The average Bonchev–Trinajstić information content (AvgIpc) is 2.98. The highest BCUT2D eigenvalue weighted by Crippen LogP contribution is 2.22. The van der Waals surface area contributed by atoms with Gasteiger partial charge in [-0.1, -0.05) is 31.2 Å². The highest BCUT2D eigenvalue weighted by molar-refractivity contribution is 5.80. The van der Waals surface area contributed by atoms with Gasteiger partial charge in [-0.3, -0.25) is 9.48 Å². The summed E-state index contributed by atoms with van der Waals surface area (Å²) in [5.41, 5.74) is 4.28. The van der Waals surface area contributed by atoms with Crippen molar-refractivity contribution < 1.29 is 14.3 Å². The number of nitrogens with zero attached hydrogens (tertiary/aromatic N) is 3. The monoisotopic (exact) mass is 370 g/mol. The Balaban J connectivity index is 1.68. The first-order valence-electron chi connectivity index (χ1n) is 9.45. The van der Waals surface area contributed by atoms with Crippen molar-refractivity contribution in [2.45, 2.75) is 39.8 Å². The van der Waals surface area contributed by atoms with Gasteiger partial charge in [0.15, 0.2) is 0 Å². The number of benzene rings is 1. The molecule has 0 fully saturated rings. The van der Waals surface area contributed by atoms with Crippen molar-refractivity contribution in [3.05, 3.63) is 41.6 Å². The van der Waals surface area contributed by atoms with Crippen LogP contribution in [0.2, 0.25) is 0 Å². The summed E-state index contributed by atoms with van der Waals surface area (Å²) >= 11 is 0. The Kier molecular flexibility index (Phi) is 6.11. The van der Waals surface area contributed by atoms with Crippen LogP contribution in [0.4, 0.5) is 4.79 Å². The van der Waals surface area contributed by atoms with Gasteiger partial charge in [0.25, 0.3) is 0 Å². The Morgan fingerprint density at radius 1 is 1.19 bits per heavy atom. The third kappa shape index (κ3) is 4.67. The molecule has 0 saturated heterocycles. The fourth-order valence-corrected chi connectivity index (χ4v) is 3.16. The van der Waals surface area contributed by atoms with Crippen LogP contribution in [-0.2, 0) is 29.0 Å². The Bertz CT molecular complexity index is 798. The van der Waals surface area contributed by atoms with E-state index >= 15 is 0 Å². The van der Waals surface area contributed by atoms with Crippen LogP contribution in [0.25, 0.3) is 11.3 Å². The molecule has 3 rings (SSSR count). The van der Waals surface area contributed by atoms with E-state index in [1.807, 2.05) is 10.7 Å². The summed E-state index contributed by atoms with van der Waals surface area (Å²) in [6, 6.07) is 10.2. The number of amides is 2. The maximum Gasteiger partial charge on any atom is 0.325 e. The fraction of sp³-hybridized carbons (Fsp3) is 0.450. The maximum atomic E-state index is 12.4. The molecule has 0 saturated carbocycles. The predicted molar refractivity (Wildman–Crippen MR) is 102 cm³/mol. The van der Waals surface area contributed by atoms with Gasteiger partial charge < -0.3 is 15.0 Å². The van der Waals surface area contributed by atoms with Crippen molar-refractivity contribution in [3.63, 3.8) is 0 Å². The molecule has 1 aliphatic rings. The summed E-state index contributed by atoms with van der Waals surface area (Å²) in [5, 5.41) is 7.34. The minimum absolute atomic E-state index is 0.114. The molecule has 1 N–H and O–H groups in total. The van der Waals surface area contributed by atoms with Crippen LogP contribution in [0.3, 0.4) is 0 Å². The van der Waals surface area contributed by atoms with E-state index in [0.717, 1.165) is 36.3 Å². The molecule has 144 valence electrons. The number of fused-ring (bicyclic) bond motifs is 1. The van der Waals surface area contributed by atoms with Crippen LogP contribution in [0.1, 0.15) is 31.5 Å². The third-order valence-electron chi connectivity index (χ3n) is 4.65. The quantitative estimate of drug-likeness (QED) is 0.821. The number of aryl methyl sites for hydroxylation is 2. The number of rotatable bonds is 5. The van der Waals surface area contributed by atoms with E-state index in [4.69, 9.17) is 9.84 Å². The normalized spacial score (nSPS) is 13.6. The second-order valence-corrected chi connectivity index (χ2v) is 6.53. The molecule has 0 spiro atoms. The molecule has 0 atom stereocenters. The lowest BCUT2D eigenvalue weighted by molar-refractivity contribution is -0.141. The molecule has 2 amide bonds. The number of ether oxygens (including phenoxy) is 1. The molecule has 2 heterocycles. The standard InChI is InChI=1S/C20H26N4O3/c1-3-15-6-8-16(9-7-15)18-12-17-14-23(10-5-11-24(17)22-18)20(26)21-13-19(25)27-4-2/h6-9,12H,3-5,10-11,13-14H2,1-2H3,(H,21,26). The maximum absolute atomic E-state index is 12.4. The number of carbonyl (C=O) groups is 2. The molecular weight excluding hydrogens is 344 g/mol. The molecule has 27 heavy (non-hydrogen) atoms. The Labute approximate surface area is 159 Å². The molecule has 1 aromatic heterocycles. The lowest BCUT2D eigenvalue weighted by Gasteiger charge is -2.20. The van der Waals surface area contributed by atoms with E-state index < -0.39 is 5.97 Å². The predicted octanol–water partition coefficient (Wildman–Crippen LogP) is 2.59. The zero-order chi connectivity index (χ0) is 19.2. The van der Waals surface area contributed by atoms with E-state index in [-0.39, 0.29) is 12.6 Å². The number of carbonyl (C=O) groups excluding carboxylic acids is 2. The van der Waals surface area contributed by atoms with Crippen LogP contribution in [0.15, 0.2) is 30.3 Å². The second-order valence-electron chi connectivity index (χ2n) is 6.53. The lowest BCUT2D eigenvalue weighted by atomic mass is 10.1. The van der Waals surface area contributed by atoms with Crippen LogP contribution >= 0.6 is 0 Å². The van der Waals surface area contributed by atoms with Gasteiger partial charge in [-0.25, -0.2) is 4.79 Å². The Hall–Kier alpha value is -2.83. The highest BCUT2D eigenvalue weighted by atomic mass is 16.5. The zero-order valence-corrected chi connectivity index (χ0v) is 15.9. The van der Waals surface area contributed by atoms with Crippen molar-refractivity contribution in [2.75, 3.05) is 19.7 Å². The average molecular weight is 370 g/mol. The summed E-state index contributed by atoms with van der Waals surface area (Å²) in [6.07, 6.45) is 1.82. The summed E-state index contributed by atoms with van der Waals surface area (Å²) in [5.74, 6) is -0.427. The molecule has 7 nitrogen and oxygen atoms in total. The molecule has 1 aliphatic heterocycles. The third-order valence-corrected chi connectivity index (χ3v) is 4.65. The SMILES string of the molecule is CCOC(=O)CNC(=O)N1CCCn2nc(-c3ccc(CC)cc3)cc2C1. The molecule has 0 bridgehead atoms. The summed E-state index contributed by atoms with van der Waals surface area (Å²) in [6.45, 7) is 5.92. The van der Waals surface area contributed by atoms with Crippen molar-refractivity contribution in [1.82, 2.24) is 20.0 Å². The van der Waals surface area contributed by atoms with Crippen LogP contribution < -0.4 is 5.32 Å². The number of esters is 1. The number of urea groups is 1. The Morgan fingerprint density at radius 3 is 2.67 bits per heavy atom. The largest absolute Gasteiger partial charge is 0.465 e. The highest BCUT2D eigenvalue weighted by Gasteiger charge is 2.21. The summed E-state index contributed by atoms with van der Waals surface area (Å²) in [7, 11) is 0. The van der Waals surface area contributed by atoms with Gasteiger partial charge in [0, 0.05) is 18.7 Å². The first kappa shape index (κ1) is 18.9.